The maximum absolute atomic E-state index is 15.1. The standard InChI is InChI=1S/C24H22F2IN7O2.C16H16FN3O3/c25-16-7-15(8-17(27)10-16)21(12-31-34-29)33-24(35)18-2-1-14(9-19(18)26)22-23(28)30-11-20(32-22)13-3-5-36-6-4-13;17-12-7-10(1-2-11(12)16(21)22)14-15(18)19-8-13(20-14)9-3-5-23-6-4-9/h1-2,7-11,13,21H,3-6,12H2,(H2,28,30)(H,33,35);1-2,7-9H,3-6H2,(H2,18,19)(H,21,22). The van der Waals surface area contributed by atoms with Crippen LogP contribution >= 0.6 is 22.6 Å². The number of nitrogens with one attached hydrogen (secondary N) is 1. The summed E-state index contributed by atoms with van der Waals surface area (Å²) in [5.41, 5.74) is 23.4. The SMILES string of the molecule is Nc1ncc(C2CCOCC2)nc1-c1ccc(C(=O)O)c(F)c1.[N-]=[N+]=NCC(NC(=O)c1ccc(-c2nc(C3CCOCC3)cnc2N)cc1F)c1cc(F)cc(I)c1. The van der Waals surface area contributed by atoms with Gasteiger partial charge in [0.2, 0.25) is 0 Å². The first-order valence-corrected chi connectivity index (χ1v) is 19.5. The van der Waals surface area contributed by atoms with E-state index in [1.807, 2.05) is 22.6 Å². The summed E-state index contributed by atoms with van der Waals surface area (Å²) >= 11 is 1.94. The molecule has 4 heterocycles. The van der Waals surface area contributed by atoms with Crippen LogP contribution in [0.1, 0.15) is 81.2 Å². The Hall–Kier alpha value is -5.89. The number of amides is 1. The lowest BCUT2D eigenvalue weighted by atomic mass is 9.96. The zero-order chi connectivity index (χ0) is 42.1. The van der Waals surface area contributed by atoms with Gasteiger partial charge in [-0.15, -0.1) is 0 Å². The first-order chi connectivity index (χ1) is 28.4. The third-order valence-corrected chi connectivity index (χ3v) is 10.4. The first kappa shape index (κ1) is 42.7. The number of carbonyl (C=O) groups is 2. The molecule has 2 aromatic heterocycles. The average Bonchev–Trinajstić information content (AvgIpc) is 3.23. The molecule has 5 aromatic rings. The van der Waals surface area contributed by atoms with Crippen molar-refractivity contribution in [3.05, 3.63) is 127 Å². The quantitative estimate of drug-likeness (QED) is 0.0457. The number of nitrogens with zero attached hydrogens (tertiary/aromatic N) is 7. The lowest BCUT2D eigenvalue weighted by Gasteiger charge is -2.22. The molecule has 7 rings (SSSR count). The van der Waals surface area contributed by atoms with Crippen LogP contribution in [-0.4, -0.2) is 69.9 Å². The molecule has 2 aliphatic heterocycles. The van der Waals surface area contributed by atoms with Crippen molar-refractivity contribution in [2.75, 3.05) is 44.4 Å². The first-order valence-electron chi connectivity index (χ1n) is 18.4. The number of ether oxygens (including phenoxy) is 2. The second-order valence-corrected chi connectivity index (χ2v) is 14.9. The summed E-state index contributed by atoms with van der Waals surface area (Å²) < 4.78 is 54.2. The fraction of sp³-hybridized carbons (Fsp3) is 0.300. The second kappa shape index (κ2) is 19.7. The molecule has 1 atom stereocenters. The highest BCUT2D eigenvalue weighted by Gasteiger charge is 2.23. The minimum atomic E-state index is -1.32. The van der Waals surface area contributed by atoms with Gasteiger partial charge in [-0.2, -0.15) is 0 Å². The molecule has 306 valence electrons. The second-order valence-electron chi connectivity index (χ2n) is 13.7. The van der Waals surface area contributed by atoms with Crippen molar-refractivity contribution in [1.29, 1.82) is 0 Å². The number of carbonyl (C=O) groups excluding carboxylic acids is 1. The summed E-state index contributed by atoms with van der Waals surface area (Å²) in [5, 5.41) is 15.0. The Bertz CT molecular complexity index is 2370. The number of nitrogen functional groups attached to an aromatic ring is 2. The van der Waals surface area contributed by atoms with Gasteiger partial charge >= 0.3 is 5.97 Å². The molecule has 15 nitrogen and oxygen atoms in total. The van der Waals surface area contributed by atoms with Crippen molar-refractivity contribution >= 4 is 46.1 Å². The number of aromatic nitrogens is 4. The average molecular weight is 923 g/mol. The Labute approximate surface area is 349 Å². The number of hydrogen-bond donors (Lipinski definition) is 4. The van der Waals surface area contributed by atoms with E-state index in [0.717, 1.165) is 43.1 Å². The number of carboxylic acid groups (broad SMARTS) is 1. The van der Waals surface area contributed by atoms with Crippen LogP contribution in [0.2, 0.25) is 0 Å². The largest absolute Gasteiger partial charge is 0.478 e. The van der Waals surface area contributed by atoms with Gasteiger partial charge < -0.3 is 31.4 Å². The molecule has 3 aromatic carbocycles. The number of aromatic carboxylic acids is 1. The minimum absolute atomic E-state index is 0.151. The van der Waals surface area contributed by atoms with Crippen molar-refractivity contribution < 1.29 is 37.3 Å². The van der Waals surface area contributed by atoms with E-state index in [1.165, 1.54) is 36.4 Å². The number of hydrogen-bond acceptors (Lipinski definition) is 11. The van der Waals surface area contributed by atoms with E-state index in [1.54, 1.807) is 24.5 Å². The van der Waals surface area contributed by atoms with Crippen LogP contribution in [0.25, 0.3) is 33.0 Å². The molecule has 0 aliphatic carbocycles. The number of rotatable bonds is 10. The lowest BCUT2D eigenvalue weighted by Crippen LogP contribution is -2.31. The van der Waals surface area contributed by atoms with Gasteiger partial charge in [-0.1, -0.05) is 17.2 Å². The van der Waals surface area contributed by atoms with Gasteiger partial charge in [-0.3, -0.25) is 4.79 Å². The van der Waals surface area contributed by atoms with Crippen LogP contribution in [-0.2, 0) is 9.47 Å². The molecule has 0 spiro atoms. The highest BCUT2D eigenvalue weighted by atomic mass is 127. The number of azide groups is 1. The summed E-state index contributed by atoms with van der Waals surface area (Å²) in [4.78, 5) is 44.1. The highest BCUT2D eigenvalue weighted by molar-refractivity contribution is 14.1. The highest BCUT2D eigenvalue weighted by Crippen LogP contribution is 2.32. The fourth-order valence-corrected chi connectivity index (χ4v) is 7.33. The number of carboxylic acids is 1. The third-order valence-electron chi connectivity index (χ3n) is 9.80. The van der Waals surface area contributed by atoms with Gasteiger partial charge in [-0.05, 0) is 102 Å². The maximum Gasteiger partial charge on any atom is 0.338 e. The molecule has 1 unspecified atom stereocenters. The predicted molar refractivity (Wildman–Crippen MR) is 220 cm³/mol. The van der Waals surface area contributed by atoms with Crippen LogP contribution < -0.4 is 16.8 Å². The Morgan fingerprint density at radius 1 is 0.831 bits per heavy atom. The molecule has 2 aliphatic rings. The van der Waals surface area contributed by atoms with E-state index in [2.05, 4.69) is 35.3 Å². The molecule has 2 fully saturated rings. The Morgan fingerprint density at radius 2 is 1.34 bits per heavy atom. The van der Waals surface area contributed by atoms with Gasteiger partial charge in [0.1, 0.15) is 40.5 Å². The van der Waals surface area contributed by atoms with Crippen LogP contribution in [0.5, 0.6) is 0 Å². The third kappa shape index (κ3) is 10.8. The van der Waals surface area contributed by atoms with Gasteiger partial charge in [0.15, 0.2) is 0 Å². The van der Waals surface area contributed by atoms with E-state index in [9.17, 15) is 18.4 Å². The van der Waals surface area contributed by atoms with E-state index in [0.29, 0.717) is 58.1 Å². The molecular formula is C40H38F3IN10O5. The summed E-state index contributed by atoms with van der Waals surface area (Å²) in [6.45, 7) is 2.45. The monoisotopic (exact) mass is 922 g/mol. The summed E-state index contributed by atoms with van der Waals surface area (Å²) in [7, 11) is 0. The molecule has 59 heavy (non-hydrogen) atoms. The molecule has 19 heteroatoms. The Morgan fingerprint density at radius 3 is 1.80 bits per heavy atom. The molecule has 0 radical (unpaired) electrons. The van der Waals surface area contributed by atoms with Crippen molar-refractivity contribution in [3.63, 3.8) is 0 Å². The number of benzene rings is 3. The smallest absolute Gasteiger partial charge is 0.338 e. The normalized spacial score (nSPS) is 15.0. The summed E-state index contributed by atoms with van der Waals surface area (Å²) in [6, 6.07) is 11.2. The van der Waals surface area contributed by atoms with Crippen LogP contribution in [0.15, 0.2) is 72.1 Å². The fourth-order valence-electron chi connectivity index (χ4n) is 6.68. The molecule has 6 N–H and O–H groups in total. The Kier molecular flexibility index (Phi) is 14.3. The van der Waals surface area contributed by atoms with Crippen molar-refractivity contribution in [3.8, 4) is 22.5 Å². The van der Waals surface area contributed by atoms with E-state index < -0.39 is 35.4 Å². The molecular weight excluding hydrogens is 884 g/mol. The molecule has 2 saturated heterocycles. The summed E-state index contributed by atoms with van der Waals surface area (Å²) in [6.07, 6.45) is 6.59. The lowest BCUT2D eigenvalue weighted by molar-refractivity contribution is 0.0691. The topological polar surface area (TPSA) is 237 Å². The van der Waals surface area contributed by atoms with Crippen LogP contribution in [0.4, 0.5) is 24.8 Å². The van der Waals surface area contributed by atoms with Crippen LogP contribution in [0.3, 0.4) is 0 Å². The van der Waals surface area contributed by atoms with Crippen molar-refractivity contribution in [2.45, 2.75) is 43.6 Å². The predicted octanol–water partition coefficient (Wildman–Crippen LogP) is 7.74. The zero-order valence-electron chi connectivity index (χ0n) is 31.3. The molecule has 1 amide bonds. The van der Waals surface area contributed by atoms with Gasteiger partial charge in [-0.25, -0.2) is 37.9 Å². The molecule has 0 bridgehead atoms. The number of nitrogens with two attached hydrogens (primary N) is 2. The number of anilines is 2. The Balaban J connectivity index is 0.000000219. The van der Waals surface area contributed by atoms with E-state index in [4.69, 9.17) is 31.6 Å². The minimum Gasteiger partial charge on any atom is -0.478 e. The zero-order valence-corrected chi connectivity index (χ0v) is 33.5. The van der Waals surface area contributed by atoms with Crippen LogP contribution in [0, 0.1) is 21.0 Å². The van der Waals surface area contributed by atoms with Gasteiger partial charge in [0, 0.05) is 57.9 Å². The maximum atomic E-state index is 15.1. The summed E-state index contributed by atoms with van der Waals surface area (Å²) in [5.74, 6) is -3.43. The van der Waals surface area contributed by atoms with Gasteiger partial charge in [0.05, 0.1) is 47.5 Å². The van der Waals surface area contributed by atoms with Gasteiger partial charge in [0.25, 0.3) is 5.91 Å². The van der Waals surface area contributed by atoms with E-state index >= 15 is 4.39 Å². The van der Waals surface area contributed by atoms with E-state index in [-0.39, 0.29) is 41.1 Å². The van der Waals surface area contributed by atoms with Crippen molar-refractivity contribution in [1.82, 2.24) is 25.3 Å². The number of halogens is 4. The molecule has 0 saturated carbocycles. The van der Waals surface area contributed by atoms with Crippen molar-refractivity contribution in [2.24, 2.45) is 5.11 Å².